The largest absolute Gasteiger partial charge is 0.313 e. The molecule has 2 atom stereocenters. The topological polar surface area (TPSA) is 71.1 Å². The van der Waals surface area contributed by atoms with Crippen molar-refractivity contribution in [3.05, 3.63) is 16.6 Å². The van der Waals surface area contributed by atoms with Crippen LogP contribution in [0.15, 0.2) is 11.6 Å². The Morgan fingerprint density at radius 3 is 2.78 bits per heavy atom. The first-order chi connectivity index (χ1) is 8.49. The number of aromatic nitrogens is 1. The highest BCUT2D eigenvalue weighted by atomic mass is 32.2. The first-order valence-corrected chi connectivity index (χ1v) is 8.55. The highest BCUT2D eigenvalue weighted by Gasteiger charge is 2.27. The van der Waals surface area contributed by atoms with Crippen molar-refractivity contribution in [1.82, 2.24) is 15.0 Å². The zero-order chi connectivity index (χ0) is 13.2. The maximum atomic E-state index is 12.1. The van der Waals surface area contributed by atoms with Crippen molar-refractivity contribution in [2.75, 3.05) is 6.54 Å². The highest BCUT2D eigenvalue weighted by Crippen LogP contribution is 2.19. The van der Waals surface area contributed by atoms with Gasteiger partial charge in [0.15, 0.2) is 0 Å². The molecule has 1 heterocycles. The summed E-state index contributed by atoms with van der Waals surface area (Å²) in [6, 6.07) is 0.261. The van der Waals surface area contributed by atoms with Gasteiger partial charge in [-0.2, -0.15) is 0 Å². The molecule has 7 heteroatoms. The van der Waals surface area contributed by atoms with Gasteiger partial charge in [0.2, 0.25) is 10.0 Å². The molecule has 1 aliphatic rings. The van der Waals surface area contributed by atoms with Gasteiger partial charge in [0.25, 0.3) is 0 Å². The van der Waals surface area contributed by atoms with Gasteiger partial charge >= 0.3 is 0 Å². The van der Waals surface area contributed by atoms with Gasteiger partial charge in [0.05, 0.1) is 11.3 Å². The molecule has 1 aliphatic carbocycles. The molecule has 1 aromatic rings. The lowest BCUT2D eigenvalue weighted by Crippen LogP contribution is -2.40. The fourth-order valence-electron chi connectivity index (χ4n) is 1.59. The smallest absolute Gasteiger partial charge is 0.216 e. The van der Waals surface area contributed by atoms with Gasteiger partial charge in [-0.15, -0.1) is 11.3 Å². The van der Waals surface area contributed by atoms with Crippen molar-refractivity contribution in [1.29, 1.82) is 0 Å². The summed E-state index contributed by atoms with van der Waals surface area (Å²) in [6.07, 6.45) is 4.01. The van der Waals surface area contributed by atoms with Gasteiger partial charge in [-0.05, 0) is 26.7 Å². The van der Waals surface area contributed by atoms with Crippen LogP contribution in [0.1, 0.15) is 37.7 Å². The molecule has 2 N–H and O–H groups in total. The molecule has 2 unspecified atom stereocenters. The summed E-state index contributed by atoms with van der Waals surface area (Å²) in [5, 5.41) is 5.45. The summed E-state index contributed by atoms with van der Waals surface area (Å²) in [5.74, 6) is 0. The van der Waals surface area contributed by atoms with E-state index in [-0.39, 0.29) is 6.04 Å². The van der Waals surface area contributed by atoms with E-state index in [0.29, 0.717) is 12.6 Å². The lowest BCUT2D eigenvalue weighted by molar-refractivity contribution is 0.544. The minimum Gasteiger partial charge on any atom is -0.313 e. The van der Waals surface area contributed by atoms with Crippen LogP contribution in [0.5, 0.6) is 0 Å². The molecule has 18 heavy (non-hydrogen) atoms. The lowest BCUT2D eigenvalue weighted by atomic mass is 10.4. The fraction of sp³-hybridized carbons (Fsp3) is 0.727. The molecular formula is C11H19N3O2S2. The zero-order valence-electron chi connectivity index (χ0n) is 10.6. The number of nitrogens with one attached hydrogen (secondary N) is 2. The molecule has 0 aliphatic heterocycles. The SMILES string of the molecule is CC(NS(=O)(=O)C(C)CNC1CC1)c1nccs1. The van der Waals surface area contributed by atoms with Gasteiger partial charge in [0, 0.05) is 24.2 Å². The quantitative estimate of drug-likeness (QED) is 0.793. The van der Waals surface area contributed by atoms with E-state index in [0.717, 1.165) is 17.8 Å². The van der Waals surface area contributed by atoms with Crippen LogP contribution < -0.4 is 10.0 Å². The van der Waals surface area contributed by atoms with Crippen molar-refractivity contribution >= 4 is 21.4 Å². The molecule has 1 aromatic heterocycles. The molecule has 0 bridgehead atoms. The van der Waals surface area contributed by atoms with E-state index in [1.54, 1.807) is 13.1 Å². The molecule has 0 saturated heterocycles. The molecule has 5 nitrogen and oxygen atoms in total. The maximum absolute atomic E-state index is 12.1. The summed E-state index contributed by atoms with van der Waals surface area (Å²) in [7, 11) is -3.30. The van der Waals surface area contributed by atoms with E-state index >= 15 is 0 Å². The van der Waals surface area contributed by atoms with Crippen molar-refractivity contribution < 1.29 is 8.42 Å². The maximum Gasteiger partial charge on any atom is 0.216 e. The zero-order valence-corrected chi connectivity index (χ0v) is 12.2. The third-order valence-corrected chi connectivity index (χ3v) is 5.83. The Bertz CT molecular complexity index is 468. The van der Waals surface area contributed by atoms with Crippen molar-refractivity contribution in [2.45, 2.75) is 44.0 Å². The average Bonchev–Trinajstić information content (AvgIpc) is 2.96. The molecular weight excluding hydrogens is 270 g/mol. The van der Waals surface area contributed by atoms with Crippen molar-refractivity contribution in [3.63, 3.8) is 0 Å². The van der Waals surface area contributed by atoms with E-state index in [1.807, 2.05) is 12.3 Å². The summed E-state index contributed by atoms with van der Waals surface area (Å²) in [6.45, 7) is 4.05. The Morgan fingerprint density at radius 1 is 1.50 bits per heavy atom. The Balaban J connectivity index is 1.88. The summed E-state index contributed by atoms with van der Waals surface area (Å²) in [5.41, 5.74) is 0. The van der Waals surface area contributed by atoms with Crippen molar-refractivity contribution in [3.8, 4) is 0 Å². The predicted octanol–water partition coefficient (Wildman–Crippen LogP) is 1.26. The first kappa shape index (κ1) is 13.9. The summed E-state index contributed by atoms with van der Waals surface area (Å²) >= 11 is 1.46. The van der Waals surface area contributed by atoms with Gasteiger partial charge in [0.1, 0.15) is 5.01 Å². The minimum absolute atomic E-state index is 0.265. The van der Waals surface area contributed by atoms with E-state index < -0.39 is 15.3 Å². The lowest BCUT2D eigenvalue weighted by Gasteiger charge is -2.17. The van der Waals surface area contributed by atoms with Crippen LogP contribution in [-0.4, -0.2) is 31.2 Å². The second-order valence-corrected chi connectivity index (χ2v) is 7.80. The van der Waals surface area contributed by atoms with Crippen molar-refractivity contribution in [2.24, 2.45) is 0 Å². The minimum atomic E-state index is -3.30. The molecule has 0 amide bonds. The summed E-state index contributed by atoms with van der Waals surface area (Å²) in [4.78, 5) is 4.12. The van der Waals surface area contributed by atoms with Gasteiger partial charge in [-0.1, -0.05) is 0 Å². The van der Waals surface area contributed by atoms with Crippen LogP contribution in [0, 0.1) is 0 Å². The number of rotatable bonds is 7. The van der Waals surface area contributed by atoms with E-state index in [9.17, 15) is 8.42 Å². The third-order valence-electron chi connectivity index (χ3n) is 2.96. The second kappa shape index (κ2) is 5.64. The van der Waals surface area contributed by atoms with Gasteiger partial charge in [-0.25, -0.2) is 18.1 Å². The van der Waals surface area contributed by atoms with Crippen LogP contribution in [0.2, 0.25) is 0 Å². The third kappa shape index (κ3) is 3.74. The number of nitrogens with zero attached hydrogens (tertiary/aromatic N) is 1. The first-order valence-electron chi connectivity index (χ1n) is 6.13. The van der Waals surface area contributed by atoms with Gasteiger partial charge in [-0.3, -0.25) is 0 Å². The second-order valence-electron chi connectivity index (χ2n) is 4.75. The normalized spacial score (nSPS) is 19.7. The molecule has 102 valence electrons. The van der Waals surface area contributed by atoms with Crippen LogP contribution >= 0.6 is 11.3 Å². The molecule has 0 spiro atoms. The molecule has 1 saturated carbocycles. The highest BCUT2D eigenvalue weighted by molar-refractivity contribution is 7.90. The Hall–Kier alpha value is -0.500. The number of thiazole rings is 1. The Kier molecular flexibility index (Phi) is 4.37. The van der Waals surface area contributed by atoms with E-state index in [4.69, 9.17) is 0 Å². The molecule has 2 rings (SSSR count). The number of sulfonamides is 1. The van der Waals surface area contributed by atoms with Crippen LogP contribution in [0.4, 0.5) is 0 Å². The molecule has 0 aromatic carbocycles. The van der Waals surface area contributed by atoms with Crippen LogP contribution in [0.25, 0.3) is 0 Å². The Labute approximate surface area is 112 Å². The fourth-order valence-corrected chi connectivity index (χ4v) is 3.46. The van der Waals surface area contributed by atoms with Gasteiger partial charge < -0.3 is 5.32 Å². The van der Waals surface area contributed by atoms with Crippen LogP contribution in [0.3, 0.4) is 0 Å². The average molecular weight is 289 g/mol. The summed E-state index contributed by atoms with van der Waals surface area (Å²) < 4.78 is 26.9. The van der Waals surface area contributed by atoms with E-state index in [2.05, 4.69) is 15.0 Å². The molecule has 0 radical (unpaired) electrons. The number of hydrogen-bond acceptors (Lipinski definition) is 5. The number of hydrogen-bond donors (Lipinski definition) is 2. The standard InChI is InChI=1S/C11H19N3O2S2/c1-8(7-13-10-3-4-10)18(15,16)14-9(2)11-12-5-6-17-11/h5-6,8-10,13-14H,3-4,7H2,1-2H3. The van der Waals surface area contributed by atoms with E-state index in [1.165, 1.54) is 11.3 Å². The predicted molar refractivity (Wildman–Crippen MR) is 73.1 cm³/mol. The molecule has 1 fully saturated rings. The Morgan fingerprint density at radius 2 is 2.22 bits per heavy atom. The monoisotopic (exact) mass is 289 g/mol. The van der Waals surface area contributed by atoms with Crippen LogP contribution in [-0.2, 0) is 10.0 Å².